The van der Waals surface area contributed by atoms with Crippen LogP contribution in [0.5, 0.6) is 0 Å². The molecule has 6 heteroatoms. The monoisotopic (exact) mass is 213 g/mol. The number of hydrogen-bond acceptors (Lipinski definition) is 4. The zero-order valence-corrected chi connectivity index (χ0v) is 8.83. The average Bonchev–Trinajstić information content (AvgIpc) is 2.50. The molecular formula is C9H15N3O3. The van der Waals surface area contributed by atoms with Crippen LogP contribution < -0.4 is 0 Å². The van der Waals surface area contributed by atoms with E-state index in [1.165, 1.54) is 0 Å². The summed E-state index contributed by atoms with van der Waals surface area (Å²) in [5.74, 6) is -0.749. The van der Waals surface area contributed by atoms with Crippen LogP contribution in [-0.4, -0.2) is 35.8 Å². The van der Waals surface area contributed by atoms with Crippen LogP contribution in [0.2, 0.25) is 0 Å². The highest BCUT2D eigenvalue weighted by Gasteiger charge is 2.42. The second kappa shape index (κ2) is 4.63. The third kappa shape index (κ3) is 2.94. The lowest BCUT2D eigenvalue weighted by molar-refractivity contribution is -0.152. The lowest BCUT2D eigenvalue weighted by Crippen LogP contribution is -2.36. The standard InChI is InChI=1S/C9H15N3O3/c1-4-7-8(6(13)5-11-12-10)15-9(2,3)14-7/h4,6-8,13H,1,5H2,2-3H3/t6-,7-,8-/m1/s1. The molecule has 0 aromatic carbocycles. The van der Waals surface area contributed by atoms with Crippen molar-refractivity contribution < 1.29 is 14.6 Å². The largest absolute Gasteiger partial charge is 0.390 e. The molecule has 1 saturated heterocycles. The van der Waals surface area contributed by atoms with Gasteiger partial charge in [0, 0.05) is 4.91 Å². The smallest absolute Gasteiger partial charge is 0.164 e. The van der Waals surface area contributed by atoms with Crippen molar-refractivity contribution in [3.63, 3.8) is 0 Å². The van der Waals surface area contributed by atoms with Crippen LogP contribution in [0.3, 0.4) is 0 Å². The maximum Gasteiger partial charge on any atom is 0.164 e. The van der Waals surface area contributed by atoms with Crippen molar-refractivity contribution >= 4 is 0 Å². The van der Waals surface area contributed by atoms with Gasteiger partial charge in [0.15, 0.2) is 5.79 Å². The molecule has 6 nitrogen and oxygen atoms in total. The van der Waals surface area contributed by atoms with Gasteiger partial charge in [-0.25, -0.2) is 0 Å². The van der Waals surface area contributed by atoms with Gasteiger partial charge < -0.3 is 14.6 Å². The first-order chi connectivity index (χ1) is 7.00. The first-order valence-electron chi connectivity index (χ1n) is 4.67. The maximum atomic E-state index is 9.70. The molecule has 0 bridgehead atoms. The summed E-state index contributed by atoms with van der Waals surface area (Å²) in [6.07, 6.45) is -0.240. The van der Waals surface area contributed by atoms with Crippen LogP contribution in [0.25, 0.3) is 10.4 Å². The fraction of sp³-hybridized carbons (Fsp3) is 0.778. The Bertz CT molecular complexity index is 286. The van der Waals surface area contributed by atoms with Gasteiger partial charge in [0.1, 0.15) is 12.2 Å². The Morgan fingerprint density at radius 2 is 2.33 bits per heavy atom. The highest BCUT2D eigenvalue weighted by Crippen LogP contribution is 2.30. The van der Waals surface area contributed by atoms with E-state index in [9.17, 15) is 5.11 Å². The third-order valence-electron chi connectivity index (χ3n) is 2.11. The molecule has 0 saturated carbocycles. The van der Waals surface area contributed by atoms with E-state index in [0.717, 1.165) is 0 Å². The van der Waals surface area contributed by atoms with Crippen molar-refractivity contribution in [3.05, 3.63) is 23.1 Å². The highest BCUT2D eigenvalue weighted by atomic mass is 16.8. The van der Waals surface area contributed by atoms with Crippen LogP contribution >= 0.6 is 0 Å². The van der Waals surface area contributed by atoms with Gasteiger partial charge in [-0.1, -0.05) is 11.2 Å². The second-order valence-electron chi connectivity index (χ2n) is 3.78. The van der Waals surface area contributed by atoms with E-state index < -0.39 is 18.0 Å². The molecule has 1 aliphatic heterocycles. The number of rotatable bonds is 4. The van der Waals surface area contributed by atoms with Crippen LogP contribution in [0, 0.1) is 0 Å². The van der Waals surface area contributed by atoms with Gasteiger partial charge in [0.05, 0.1) is 12.6 Å². The van der Waals surface area contributed by atoms with Crippen molar-refractivity contribution in [2.45, 2.75) is 37.9 Å². The van der Waals surface area contributed by atoms with E-state index in [4.69, 9.17) is 15.0 Å². The molecule has 1 aliphatic rings. The minimum atomic E-state index is -0.884. The molecule has 15 heavy (non-hydrogen) atoms. The maximum absolute atomic E-state index is 9.70. The number of azide groups is 1. The first-order valence-corrected chi connectivity index (χ1v) is 4.67. The second-order valence-corrected chi connectivity index (χ2v) is 3.78. The summed E-state index contributed by atoms with van der Waals surface area (Å²) in [5, 5.41) is 13.0. The summed E-state index contributed by atoms with van der Waals surface area (Å²) in [6, 6.07) is 0. The lowest BCUT2D eigenvalue weighted by Gasteiger charge is -2.19. The van der Waals surface area contributed by atoms with Gasteiger partial charge >= 0.3 is 0 Å². The minimum Gasteiger partial charge on any atom is -0.390 e. The van der Waals surface area contributed by atoms with E-state index in [1.807, 2.05) is 0 Å². The average molecular weight is 213 g/mol. The summed E-state index contributed by atoms with van der Waals surface area (Å²) in [5.41, 5.74) is 8.14. The minimum absolute atomic E-state index is 0.0368. The van der Waals surface area contributed by atoms with E-state index in [-0.39, 0.29) is 12.6 Å². The molecule has 0 amide bonds. The Morgan fingerprint density at radius 3 is 2.87 bits per heavy atom. The lowest BCUT2D eigenvalue weighted by atomic mass is 10.1. The Balaban J connectivity index is 2.67. The van der Waals surface area contributed by atoms with Crippen LogP contribution in [0.15, 0.2) is 17.8 Å². The number of aliphatic hydroxyl groups excluding tert-OH is 1. The van der Waals surface area contributed by atoms with Crippen LogP contribution in [-0.2, 0) is 9.47 Å². The van der Waals surface area contributed by atoms with Crippen molar-refractivity contribution in [2.75, 3.05) is 6.54 Å². The van der Waals surface area contributed by atoms with Gasteiger partial charge in [0.25, 0.3) is 0 Å². The number of aliphatic hydroxyl groups is 1. The van der Waals surface area contributed by atoms with Crippen molar-refractivity contribution in [2.24, 2.45) is 5.11 Å². The molecule has 84 valence electrons. The van der Waals surface area contributed by atoms with Gasteiger partial charge in [-0.15, -0.1) is 6.58 Å². The molecule has 1 heterocycles. The SMILES string of the molecule is C=C[C@H]1OC(C)(C)O[C@@H]1[C@H](O)CN=[N+]=[N-]. The topological polar surface area (TPSA) is 87.5 Å². The Morgan fingerprint density at radius 1 is 1.67 bits per heavy atom. The highest BCUT2D eigenvalue weighted by molar-refractivity contribution is 4.96. The molecule has 0 spiro atoms. The molecule has 1 rings (SSSR count). The third-order valence-corrected chi connectivity index (χ3v) is 2.11. The first kappa shape index (κ1) is 12.0. The summed E-state index contributed by atoms with van der Waals surface area (Å²) in [6.45, 7) is 7.07. The molecule has 0 aromatic rings. The normalized spacial score (nSPS) is 30.6. The summed E-state index contributed by atoms with van der Waals surface area (Å²) < 4.78 is 11.0. The quantitative estimate of drug-likeness (QED) is 0.331. The van der Waals surface area contributed by atoms with Gasteiger partial charge in [-0.05, 0) is 19.4 Å². The molecule has 0 aliphatic carbocycles. The zero-order chi connectivity index (χ0) is 11.5. The summed E-state index contributed by atoms with van der Waals surface area (Å²) in [4.78, 5) is 2.58. The Labute approximate surface area is 88.1 Å². The van der Waals surface area contributed by atoms with Crippen LogP contribution in [0.4, 0.5) is 0 Å². The fourth-order valence-corrected chi connectivity index (χ4v) is 1.52. The Hall–Kier alpha value is -1.07. The van der Waals surface area contributed by atoms with Gasteiger partial charge in [-0.3, -0.25) is 0 Å². The van der Waals surface area contributed by atoms with Crippen LogP contribution in [0.1, 0.15) is 13.8 Å². The van der Waals surface area contributed by atoms with E-state index in [1.54, 1.807) is 19.9 Å². The van der Waals surface area contributed by atoms with E-state index in [2.05, 4.69) is 16.6 Å². The van der Waals surface area contributed by atoms with Crippen molar-refractivity contribution in [1.82, 2.24) is 0 Å². The zero-order valence-electron chi connectivity index (χ0n) is 8.83. The molecule has 0 aromatic heterocycles. The van der Waals surface area contributed by atoms with E-state index >= 15 is 0 Å². The van der Waals surface area contributed by atoms with Gasteiger partial charge in [-0.2, -0.15) is 0 Å². The fourth-order valence-electron chi connectivity index (χ4n) is 1.52. The molecule has 0 radical (unpaired) electrons. The number of ether oxygens (including phenoxy) is 2. The molecule has 1 fully saturated rings. The molecule has 0 unspecified atom stereocenters. The number of nitrogens with zero attached hydrogens (tertiary/aromatic N) is 3. The van der Waals surface area contributed by atoms with Crippen molar-refractivity contribution in [1.29, 1.82) is 0 Å². The Kier molecular flexibility index (Phi) is 3.71. The van der Waals surface area contributed by atoms with E-state index in [0.29, 0.717) is 0 Å². The molecule has 3 atom stereocenters. The predicted molar refractivity (Wildman–Crippen MR) is 54.0 cm³/mol. The summed E-state index contributed by atoms with van der Waals surface area (Å²) >= 11 is 0. The van der Waals surface area contributed by atoms with Gasteiger partial charge in [0.2, 0.25) is 0 Å². The summed E-state index contributed by atoms with van der Waals surface area (Å²) in [7, 11) is 0. The molecule has 1 N–H and O–H groups in total. The molecular weight excluding hydrogens is 198 g/mol. The van der Waals surface area contributed by atoms with Crippen molar-refractivity contribution in [3.8, 4) is 0 Å². The predicted octanol–water partition coefficient (Wildman–Crippen LogP) is 1.36. The number of hydrogen-bond donors (Lipinski definition) is 1.